The molecule has 0 bridgehead atoms. The van der Waals surface area contributed by atoms with E-state index in [1.54, 1.807) is 7.11 Å². The molecule has 0 radical (unpaired) electrons. The van der Waals surface area contributed by atoms with E-state index in [2.05, 4.69) is 10.1 Å². The third-order valence-corrected chi connectivity index (χ3v) is 2.13. The number of para-hydroxylation sites is 1. The van der Waals surface area contributed by atoms with Gasteiger partial charge in [0.05, 0.1) is 13.5 Å². The molecule has 1 heterocycles. The SMILES string of the molecule is COc1ccccc1Cc1nc(Cl)no1. The molecule has 4 nitrogen and oxygen atoms in total. The Morgan fingerprint density at radius 3 is 2.87 bits per heavy atom. The molecule has 0 unspecified atom stereocenters. The molecular formula is C10H9ClN2O2. The standard InChI is InChI=1S/C10H9ClN2O2/c1-14-8-5-3-2-4-7(8)6-9-12-10(11)13-15-9/h2-5H,6H2,1H3. The van der Waals surface area contributed by atoms with E-state index in [1.165, 1.54) is 0 Å². The van der Waals surface area contributed by atoms with Gasteiger partial charge in [0.15, 0.2) is 0 Å². The van der Waals surface area contributed by atoms with Crippen molar-refractivity contribution in [1.82, 2.24) is 10.1 Å². The number of methoxy groups -OCH3 is 1. The van der Waals surface area contributed by atoms with E-state index in [1.807, 2.05) is 24.3 Å². The number of rotatable bonds is 3. The highest BCUT2D eigenvalue weighted by Gasteiger charge is 2.08. The summed E-state index contributed by atoms with van der Waals surface area (Å²) < 4.78 is 10.1. The van der Waals surface area contributed by atoms with Crippen molar-refractivity contribution in [3.8, 4) is 5.75 Å². The molecule has 2 aromatic rings. The number of nitrogens with zero attached hydrogens (tertiary/aromatic N) is 2. The van der Waals surface area contributed by atoms with Crippen LogP contribution in [0.15, 0.2) is 28.8 Å². The van der Waals surface area contributed by atoms with E-state index in [4.69, 9.17) is 20.9 Å². The Morgan fingerprint density at radius 2 is 2.20 bits per heavy atom. The van der Waals surface area contributed by atoms with Gasteiger partial charge in [0.1, 0.15) is 5.75 Å². The maximum Gasteiger partial charge on any atom is 0.263 e. The van der Waals surface area contributed by atoms with Crippen LogP contribution in [-0.2, 0) is 6.42 Å². The molecule has 1 aromatic carbocycles. The first-order valence-electron chi connectivity index (χ1n) is 4.39. The number of aromatic nitrogens is 2. The van der Waals surface area contributed by atoms with Gasteiger partial charge in [-0.1, -0.05) is 18.2 Å². The minimum Gasteiger partial charge on any atom is -0.496 e. The molecule has 0 saturated heterocycles. The normalized spacial score (nSPS) is 10.3. The van der Waals surface area contributed by atoms with Crippen LogP contribution in [0.1, 0.15) is 11.5 Å². The lowest BCUT2D eigenvalue weighted by Gasteiger charge is -2.04. The highest BCUT2D eigenvalue weighted by atomic mass is 35.5. The molecule has 15 heavy (non-hydrogen) atoms. The average Bonchev–Trinajstić information content (AvgIpc) is 2.65. The second-order valence-corrected chi connectivity index (χ2v) is 3.28. The van der Waals surface area contributed by atoms with E-state index in [-0.39, 0.29) is 5.28 Å². The summed E-state index contributed by atoms with van der Waals surface area (Å²) in [5.41, 5.74) is 0.986. The summed E-state index contributed by atoms with van der Waals surface area (Å²) in [6, 6.07) is 7.66. The molecule has 0 aliphatic carbocycles. The highest BCUT2D eigenvalue weighted by molar-refractivity contribution is 6.28. The molecule has 0 saturated carbocycles. The van der Waals surface area contributed by atoms with Gasteiger partial charge < -0.3 is 9.26 Å². The fourth-order valence-corrected chi connectivity index (χ4v) is 1.45. The lowest BCUT2D eigenvalue weighted by molar-refractivity contribution is 0.378. The first-order chi connectivity index (χ1) is 7.29. The van der Waals surface area contributed by atoms with Crippen LogP contribution in [0.25, 0.3) is 0 Å². The zero-order chi connectivity index (χ0) is 10.7. The fourth-order valence-electron chi connectivity index (χ4n) is 1.32. The van der Waals surface area contributed by atoms with E-state index < -0.39 is 0 Å². The Morgan fingerprint density at radius 1 is 1.40 bits per heavy atom. The van der Waals surface area contributed by atoms with Gasteiger partial charge >= 0.3 is 0 Å². The molecule has 0 amide bonds. The smallest absolute Gasteiger partial charge is 0.263 e. The van der Waals surface area contributed by atoms with Gasteiger partial charge in [-0.2, -0.15) is 4.98 Å². The maximum atomic E-state index is 5.55. The van der Waals surface area contributed by atoms with Crippen molar-refractivity contribution < 1.29 is 9.26 Å². The molecule has 0 fully saturated rings. The first-order valence-corrected chi connectivity index (χ1v) is 4.77. The Kier molecular flexibility index (Phi) is 2.87. The van der Waals surface area contributed by atoms with Gasteiger partial charge in [-0.25, -0.2) is 0 Å². The van der Waals surface area contributed by atoms with Crippen molar-refractivity contribution in [3.63, 3.8) is 0 Å². The zero-order valence-corrected chi connectivity index (χ0v) is 8.86. The third kappa shape index (κ3) is 2.27. The summed E-state index contributed by atoms with van der Waals surface area (Å²) in [4.78, 5) is 3.91. The van der Waals surface area contributed by atoms with E-state index in [0.717, 1.165) is 11.3 Å². The second-order valence-electron chi connectivity index (χ2n) is 2.95. The van der Waals surface area contributed by atoms with Crippen molar-refractivity contribution in [1.29, 1.82) is 0 Å². The number of hydrogen-bond donors (Lipinski definition) is 0. The summed E-state index contributed by atoms with van der Waals surface area (Å²) >= 11 is 5.55. The van der Waals surface area contributed by atoms with Gasteiger partial charge in [0.25, 0.3) is 5.28 Å². The molecule has 5 heteroatoms. The average molecular weight is 225 g/mol. The van der Waals surface area contributed by atoms with Gasteiger partial charge in [-0.05, 0) is 22.8 Å². The van der Waals surface area contributed by atoms with Crippen molar-refractivity contribution in [2.75, 3.05) is 7.11 Å². The highest BCUT2D eigenvalue weighted by Crippen LogP contribution is 2.20. The molecule has 78 valence electrons. The van der Waals surface area contributed by atoms with Gasteiger partial charge in [0, 0.05) is 5.56 Å². The third-order valence-electron chi connectivity index (χ3n) is 1.98. The van der Waals surface area contributed by atoms with Crippen LogP contribution in [0.3, 0.4) is 0 Å². The largest absolute Gasteiger partial charge is 0.496 e. The van der Waals surface area contributed by atoms with Crippen molar-refractivity contribution in [2.24, 2.45) is 0 Å². The summed E-state index contributed by atoms with van der Waals surface area (Å²) in [7, 11) is 1.62. The summed E-state index contributed by atoms with van der Waals surface area (Å²) in [6.45, 7) is 0. The molecule has 0 spiro atoms. The van der Waals surface area contributed by atoms with Crippen LogP contribution in [0.2, 0.25) is 5.28 Å². The maximum absolute atomic E-state index is 5.55. The predicted octanol–water partition coefficient (Wildman–Crippen LogP) is 2.32. The van der Waals surface area contributed by atoms with Crippen LogP contribution < -0.4 is 4.74 Å². The lowest BCUT2D eigenvalue weighted by Crippen LogP contribution is -1.93. The lowest BCUT2D eigenvalue weighted by atomic mass is 10.1. The van der Waals surface area contributed by atoms with Crippen LogP contribution in [0.4, 0.5) is 0 Å². The summed E-state index contributed by atoms with van der Waals surface area (Å²) in [6.07, 6.45) is 0.518. The Bertz CT molecular complexity index is 456. The minimum atomic E-state index is 0.125. The summed E-state index contributed by atoms with van der Waals surface area (Å²) in [5, 5.41) is 3.63. The van der Waals surface area contributed by atoms with Crippen molar-refractivity contribution in [2.45, 2.75) is 6.42 Å². The Labute approximate surface area is 91.8 Å². The van der Waals surface area contributed by atoms with Crippen LogP contribution in [-0.4, -0.2) is 17.3 Å². The van der Waals surface area contributed by atoms with Gasteiger partial charge in [-0.15, -0.1) is 0 Å². The van der Waals surface area contributed by atoms with Crippen LogP contribution in [0.5, 0.6) is 5.75 Å². The van der Waals surface area contributed by atoms with Crippen LogP contribution in [0, 0.1) is 0 Å². The second kappa shape index (κ2) is 4.31. The first kappa shape index (κ1) is 9.98. The summed E-state index contributed by atoms with van der Waals surface area (Å²) in [5.74, 6) is 1.27. The molecular weight excluding hydrogens is 216 g/mol. The molecule has 0 aliphatic rings. The van der Waals surface area contributed by atoms with E-state index in [9.17, 15) is 0 Å². The monoisotopic (exact) mass is 224 g/mol. The number of hydrogen-bond acceptors (Lipinski definition) is 4. The van der Waals surface area contributed by atoms with Crippen molar-refractivity contribution in [3.05, 3.63) is 41.0 Å². The molecule has 0 atom stereocenters. The predicted molar refractivity (Wildman–Crippen MR) is 55.1 cm³/mol. The number of ether oxygens (including phenoxy) is 1. The number of benzene rings is 1. The van der Waals surface area contributed by atoms with E-state index in [0.29, 0.717) is 12.3 Å². The topological polar surface area (TPSA) is 48.2 Å². The Hall–Kier alpha value is -1.55. The van der Waals surface area contributed by atoms with Gasteiger partial charge in [0.2, 0.25) is 5.89 Å². The number of halogens is 1. The van der Waals surface area contributed by atoms with E-state index >= 15 is 0 Å². The zero-order valence-electron chi connectivity index (χ0n) is 8.11. The minimum absolute atomic E-state index is 0.125. The van der Waals surface area contributed by atoms with Gasteiger partial charge in [-0.3, -0.25) is 0 Å². The quantitative estimate of drug-likeness (QED) is 0.803. The molecule has 2 rings (SSSR count). The molecule has 0 aliphatic heterocycles. The Balaban J connectivity index is 2.23. The molecule has 1 aromatic heterocycles. The van der Waals surface area contributed by atoms with Crippen LogP contribution >= 0.6 is 11.6 Å². The van der Waals surface area contributed by atoms with Crippen molar-refractivity contribution >= 4 is 11.6 Å². The fraction of sp³-hybridized carbons (Fsp3) is 0.200. The molecule has 0 N–H and O–H groups in total.